The van der Waals surface area contributed by atoms with Crippen LogP contribution >= 0.6 is 0 Å². The second-order valence-corrected chi connectivity index (χ2v) is 7.74. The predicted octanol–water partition coefficient (Wildman–Crippen LogP) is 1.94. The second-order valence-electron chi connectivity index (χ2n) is 7.74. The molecule has 0 spiro atoms. The highest BCUT2D eigenvalue weighted by Crippen LogP contribution is 2.32. The highest BCUT2D eigenvalue weighted by atomic mass is 16.5. The Morgan fingerprint density at radius 1 is 1.33 bits per heavy atom. The van der Waals surface area contributed by atoms with Crippen molar-refractivity contribution in [1.82, 2.24) is 25.6 Å². The Balaban J connectivity index is 1.43. The van der Waals surface area contributed by atoms with Crippen LogP contribution in [0.5, 0.6) is 0 Å². The van der Waals surface area contributed by atoms with E-state index in [9.17, 15) is 9.90 Å². The minimum Gasteiger partial charge on any atom is -0.394 e. The first-order chi connectivity index (χ1) is 13.2. The van der Waals surface area contributed by atoms with Gasteiger partial charge in [-0.1, -0.05) is 25.0 Å². The molecule has 1 saturated carbocycles. The fraction of sp³-hybridized carbons (Fsp3) is 0.842. The van der Waals surface area contributed by atoms with Gasteiger partial charge in [-0.25, -0.2) is 4.79 Å². The smallest absolute Gasteiger partial charge is 0.315 e. The molecule has 1 aromatic heterocycles. The molecular weight excluding hydrogens is 346 g/mol. The van der Waals surface area contributed by atoms with Gasteiger partial charge in [-0.2, -0.15) is 0 Å². The normalized spacial score (nSPS) is 26.2. The number of carbonyl (C=O) groups excluding carboxylic acids is 1. The first-order valence-electron chi connectivity index (χ1n) is 10.4. The molecule has 27 heavy (non-hydrogen) atoms. The van der Waals surface area contributed by atoms with Crippen molar-refractivity contribution in [2.75, 3.05) is 13.2 Å². The van der Waals surface area contributed by atoms with Crippen LogP contribution in [0.25, 0.3) is 0 Å². The molecule has 8 heteroatoms. The van der Waals surface area contributed by atoms with Crippen molar-refractivity contribution in [1.29, 1.82) is 0 Å². The van der Waals surface area contributed by atoms with Crippen molar-refractivity contribution in [2.24, 2.45) is 0 Å². The van der Waals surface area contributed by atoms with Gasteiger partial charge in [-0.15, -0.1) is 5.10 Å². The number of ether oxygens (including phenoxy) is 1. The lowest BCUT2D eigenvalue weighted by molar-refractivity contribution is -0.0907. The van der Waals surface area contributed by atoms with Gasteiger partial charge >= 0.3 is 6.03 Å². The Morgan fingerprint density at radius 3 is 2.89 bits per heavy atom. The largest absolute Gasteiger partial charge is 0.394 e. The van der Waals surface area contributed by atoms with Crippen LogP contribution in [0.4, 0.5) is 4.79 Å². The zero-order valence-electron chi connectivity index (χ0n) is 16.3. The van der Waals surface area contributed by atoms with Crippen molar-refractivity contribution in [2.45, 2.75) is 89.0 Å². The van der Waals surface area contributed by atoms with Gasteiger partial charge < -0.3 is 20.5 Å². The number of nitrogens with zero attached hydrogens (tertiary/aromatic N) is 3. The molecule has 2 fully saturated rings. The quantitative estimate of drug-likeness (QED) is 0.641. The fourth-order valence-corrected chi connectivity index (χ4v) is 4.07. The lowest BCUT2D eigenvalue weighted by Crippen LogP contribution is -2.53. The number of rotatable bonds is 8. The average Bonchev–Trinajstić information content (AvgIpc) is 3.37. The van der Waals surface area contributed by atoms with E-state index in [1.165, 1.54) is 25.7 Å². The molecule has 1 aromatic rings. The molecule has 1 aliphatic heterocycles. The third kappa shape index (κ3) is 5.65. The molecule has 1 saturated heterocycles. The molecular formula is C19H33N5O3. The van der Waals surface area contributed by atoms with E-state index < -0.39 is 0 Å². The van der Waals surface area contributed by atoms with E-state index in [1.807, 2.05) is 11.6 Å². The molecule has 3 rings (SSSR count). The summed E-state index contributed by atoms with van der Waals surface area (Å²) in [7, 11) is 0. The summed E-state index contributed by atoms with van der Waals surface area (Å²) in [5.74, 6) is 0.578. The van der Waals surface area contributed by atoms with Gasteiger partial charge in [0.25, 0.3) is 0 Å². The maximum absolute atomic E-state index is 11.9. The summed E-state index contributed by atoms with van der Waals surface area (Å²) in [6.07, 6.45) is 10.2. The number of aliphatic hydroxyl groups excluding tert-OH is 1. The second kappa shape index (κ2) is 10.0. The molecule has 3 atom stereocenters. The zero-order valence-corrected chi connectivity index (χ0v) is 16.3. The standard InChI is InChI=1S/C19H33N5O3/c1-2-10-20-19(26)21-16-8-7-15(27-18(16)13-25)9-11-24-12-17(22-23-24)14-5-3-4-6-14/h12,14-16,18,25H,2-11,13H2,1H3,(H2,20,21,26)/t15-,16-,18+/m0/s1. The highest BCUT2D eigenvalue weighted by molar-refractivity contribution is 5.74. The number of amides is 2. The lowest BCUT2D eigenvalue weighted by Gasteiger charge is -2.36. The Hall–Kier alpha value is -1.67. The number of aryl methyl sites for hydroxylation is 1. The Morgan fingerprint density at radius 2 is 2.15 bits per heavy atom. The van der Waals surface area contributed by atoms with E-state index in [-0.39, 0.29) is 30.9 Å². The van der Waals surface area contributed by atoms with Gasteiger partial charge in [0.2, 0.25) is 0 Å². The highest BCUT2D eigenvalue weighted by Gasteiger charge is 2.31. The molecule has 2 heterocycles. The average molecular weight is 380 g/mol. The van der Waals surface area contributed by atoms with Crippen LogP contribution < -0.4 is 10.6 Å². The first kappa shape index (κ1) is 20.1. The molecule has 8 nitrogen and oxygen atoms in total. The molecule has 2 aliphatic rings. The Labute approximate surface area is 161 Å². The van der Waals surface area contributed by atoms with E-state index in [0.717, 1.165) is 37.9 Å². The SMILES string of the molecule is CCCNC(=O)N[C@H]1CC[C@@H](CCn2cc(C3CCCC3)nn2)O[C@@H]1CO. The van der Waals surface area contributed by atoms with E-state index in [1.54, 1.807) is 0 Å². The summed E-state index contributed by atoms with van der Waals surface area (Å²) in [6, 6.07) is -0.340. The van der Waals surface area contributed by atoms with E-state index >= 15 is 0 Å². The van der Waals surface area contributed by atoms with E-state index in [0.29, 0.717) is 12.5 Å². The summed E-state index contributed by atoms with van der Waals surface area (Å²) in [6.45, 7) is 3.32. The van der Waals surface area contributed by atoms with E-state index in [2.05, 4.69) is 27.1 Å². The number of hydrogen-bond donors (Lipinski definition) is 3. The molecule has 1 aliphatic carbocycles. The van der Waals surface area contributed by atoms with Crippen LogP contribution in [0.1, 0.15) is 69.9 Å². The van der Waals surface area contributed by atoms with Gasteiger partial charge in [0.15, 0.2) is 0 Å². The van der Waals surface area contributed by atoms with Gasteiger partial charge in [-0.05, 0) is 38.5 Å². The molecule has 0 radical (unpaired) electrons. The van der Waals surface area contributed by atoms with Gasteiger partial charge in [0.05, 0.1) is 24.4 Å². The molecule has 0 aromatic carbocycles. The summed E-state index contributed by atoms with van der Waals surface area (Å²) in [4.78, 5) is 11.9. The van der Waals surface area contributed by atoms with Crippen LogP contribution in [0.2, 0.25) is 0 Å². The minimum absolute atomic E-state index is 0.0676. The van der Waals surface area contributed by atoms with E-state index in [4.69, 9.17) is 4.74 Å². The van der Waals surface area contributed by atoms with Crippen LogP contribution in [0.3, 0.4) is 0 Å². The van der Waals surface area contributed by atoms with Crippen LogP contribution in [0.15, 0.2) is 6.20 Å². The summed E-state index contributed by atoms with van der Waals surface area (Å²) >= 11 is 0. The summed E-state index contributed by atoms with van der Waals surface area (Å²) in [5, 5.41) is 24.0. The van der Waals surface area contributed by atoms with Gasteiger partial charge in [0, 0.05) is 25.2 Å². The van der Waals surface area contributed by atoms with Crippen LogP contribution in [-0.4, -0.2) is 57.5 Å². The number of carbonyl (C=O) groups is 1. The summed E-state index contributed by atoms with van der Waals surface area (Å²) in [5.41, 5.74) is 1.12. The molecule has 0 bridgehead atoms. The fourth-order valence-electron chi connectivity index (χ4n) is 4.07. The Bertz CT molecular complexity index is 588. The van der Waals surface area contributed by atoms with Crippen molar-refractivity contribution in [3.63, 3.8) is 0 Å². The number of aromatic nitrogens is 3. The minimum atomic E-state index is -0.360. The lowest BCUT2D eigenvalue weighted by atomic mass is 9.97. The van der Waals surface area contributed by atoms with Gasteiger partial charge in [-0.3, -0.25) is 4.68 Å². The topological polar surface area (TPSA) is 101 Å². The molecule has 0 unspecified atom stereocenters. The maximum Gasteiger partial charge on any atom is 0.315 e. The van der Waals surface area contributed by atoms with Crippen LogP contribution in [0, 0.1) is 0 Å². The summed E-state index contributed by atoms with van der Waals surface area (Å²) < 4.78 is 7.94. The number of aliphatic hydroxyl groups is 1. The molecule has 3 N–H and O–H groups in total. The van der Waals surface area contributed by atoms with Crippen molar-refractivity contribution >= 4 is 6.03 Å². The zero-order chi connectivity index (χ0) is 19.1. The monoisotopic (exact) mass is 379 g/mol. The van der Waals surface area contributed by atoms with Crippen molar-refractivity contribution in [3.8, 4) is 0 Å². The Kier molecular flexibility index (Phi) is 7.46. The van der Waals surface area contributed by atoms with Crippen LogP contribution in [-0.2, 0) is 11.3 Å². The number of hydrogen-bond acceptors (Lipinski definition) is 5. The number of nitrogens with one attached hydrogen (secondary N) is 2. The maximum atomic E-state index is 11.9. The molecule has 152 valence electrons. The number of urea groups is 1. The van der Waals surface area contributed by atoms with Gasteiger partial charge in [0.1, 0.15) is 6.10 Å². The first-order valence-corrected chi connectivity index (χ1v) is 10.4. The predicted molar refractivity (Wildman–Crippen MR) is 101 cm³/mol. The molecule has 2 amide bonds. The van der Waals surface area contributed by atoms with Crippen molar-refractivity contribution in [3.05, 3.63) is 11.9 Å². The van der Waals surface area contributed by atoms with Crippen molar-refractivity contribution < 1.29 is 14.6 Å². The third-order valence-corrected chi connectivity index (χ3v) is 5.66. The third-order valence-electron chi connectivity index (χ3n) is 5.66.